The molecule has 1 fully saturated rings. The fourth-order valence-electron chi connectivity index (χ4n) is 2.36. The molecule has 0 spiro atoms. The van der Waals surface area contributed by atoms with Crippen LogP contribution in [0.3, 0.4) is 0 Å². The summed E-state index contributed by atoms with van der Waals surface area (Å²) in [7, 11) is 0. The highest BCUT2D eigenvalue weighted by Gasteiger charge is 2.20. The van der Waals surface area contributed by atoms with Crippen LogP contribution in [0.5, 0.6) is 0 Å². The van der Waals surface area contributed by atoms with Gasteiger partial charge in [-0.05, 0) is 12.8 Å². The standard InChI is InChI=1S/C13H13N7O2/c14-6-8-5-10(19-3-1-2-4-19)18-13(17-8)20-11(15)9(7-16-20)12(21)22/h5,7H,1-4,15H2,(H,21,22). The van der Waals surface area contributed by atoms with Crippen molar-refractivity contribution >= 4 is 17.6 Å². The average molecular weight is 299 g/mol. The third-order valence-electron chi connectivity index (χ3n) is 3.47. The van der Waals surface area contributed by atoms with Crippen LogP contribution in [0.2, 0.25) is 0 Å². The first-order chi connectivity index (χ1) is 10.6. The Morgan fingerprint density at radius 3 is 2.68 bits per heavy atom. The zero-order chi connectivity index (χ0) is 15.7. The number of rotatable bonds is 3. The van der Waals surface area contributed by atoms with Crippen molar-refractivity contribution in [2.45, 2.75) is 12.8 Å². The number of nitrogens with zero attached hydrogens (tertiary/aromatic N) is 6. The third-order valence-corrected chi connectivity index (χ3v) is 3.47. The number of carboxylic acid groups (broad SMARTS) is 1. The molecule has 1 aliphatic heterocycles. The molecule has 9 nitrogen and oxygen atoms in total. The molecular formula is C13H13N7O2. The van der Waals surface area contributed by atoms with Gasteiger partial charge in [0.25, 0.3) is 5.95 Å². The lowest BCUT2D eigenvalue weighted by Gasteiger charge is -2.17. The molecule has 2 aromatic heterocycles. The Morgan fingerprint density at radius 2 is 2.09 bits per heavy atom. The highest BCUT2D eigenvalue weighted by atomic mass is 16.4. The first-order valence-electron chi connectivity index (χ1n) is 6.71. The maximum Gasteiger partial charge on any atom is 0.341 e. The Balaban J connectivity index is 2.08. The number of aromatic carboxylic acids is 1. The van der Waals surface area contributed by atoms with Crippen molar-refractivity contribution in [3.8, 4) is 12.0 Å². The molecule has 3 N–H and O–H groups in total. The minimum Gasteiger partial charge on any atom is -0.477 e. The van der Waals surface area contributed by atoms with E-state index in [0.29, 0.717) is 5.82 Å². The van der Waals surface area contributed by atoms with Gasteiger partial charge in [0.15, 0.2) is 0 Å². The minimum absolute atomic E-state index is 0.0741. The van der Waals surface area contributed by atoms with Crippen LogP contribution in [-0.4, -0.2) is 43.9 Å². The van der Waals surface area contributed by atoms with Crippen molar-refractivity contribution in [3.05, 3.63) is 23.5 Å². The predicted octanol–water partition coefficient (Wildman–Crippen LogP) is 0.415. The fraction of sp³-hybridized carbons (Fsp3) is 0.308. The number of carboxylic acids is 1. The van der Waals surface area contributed by atoms with E-state index in [9.17, 15) is 4.79 Å². The molecule has 9 heteroatoms. The molecule has 1 aliphatic rings. The van der Waals surface area contributed by atoms with Crippen LogP contribution in [0, 0.1) is 11.3 Å². The van der Waals surface area contributed by atoms with E-state index in [0.717, 1.165) is 36.8 Å². The molecule has 0 aliphatic carbocycles. The highest BCUT2D eigenvalue weighted by molar-refractivity contribution is 5.92. The SMILES string of the molecule is N#Cc1cc(N2CCCC2)nc(-n2ncc(C(=O)O)c2N)n1. The Hall–Kier alpha value is -3.15. The summed E-state index contributed by atoms with van der Waals surface area (Å²) in [6.07, 6.45) is 3.26. The summed E-state index contributed by atoms with van der Waals surface area (Å²) in [6, 6.07) is 3.58. The van der Waals surface area contributed by atoms with Crippen LogP contribution >= 0.6 is 0 Å². The molecule has 22 heavy (non-hydrogen) atoms. The number of nitrogens with two attached hydrogens (primary N) is 1. The normalized spacial score (nSPS) is 14.0. The Morgan fingerprint density at radius 1 is 1.36 bits per heavy atom. The second kappa shape index (κ2) is 5.33. The molecule has 112 valence electrons. The summed E-state index contributed by atoms with van der Waals surface area (Å²) in [6.45, 7) is 1.71. The summed E-state index contributed by atoms with van der Waals surface area (Å²) in [4.78, 5) is 21.5. The summed E-state index contributed by atoms with van der Waals surface area (Å²) >= 11 is 0. The quantitative estimate of drug-likeness (QED) is 0.832. The monoisotopic (exact) mass is 299 g/mol. The van der Waals surface area contributed by atoms with Gasteiger partial charge in [0.1, 0.15) is 29.0 Å². The van der Waals surface area contributed by atoms with E-state index in [-0.39, 0.29) is 23.0 Å². The van der Waals surface area contributed by atoms with Crippen LogP contribution in [0.4, 0.5) is 11.6 Å². The van der Waals surface area contributed by atoms with Gasteiger partial charge in [-0.25, -0.2) is 4.79 Å². The van der Waals surface area contributed by atoms with Gasteiger partial charge in [0, 0.05) is 19.2 Å². The average Bonchev–Trinajstić information content (AvgIpc) is 3.16. The molecule has 3 heterocycles. The summed E-state index contributed by atoms with van der Waals surface area (Å²) in [5.74, 6) is -0.549. The number of hydrogen-bond donors (Lipinski definition) is 2. The van der Waals surface area contributed by atoms with Gasteiger partial charge in [0.05, 0.1) is 6.20 Å². The Bertz CT molecular complexity index is 771. The summed E-state index contributed by atoms with van der Waals surface area (Å²) in [5, 5.41) is 22.1. The number of aromatic nitrogens is 4. The molecule has 0 saturated carbocycles. The van der Waals surface area contributed by atoms with Crippen molar-refractivity contribution in [1.29, 1.82) is 5.26 Å². The van der Waals surface area contributed by atoms with Gasteiger partial charge in [-0.3, -0.25) is 0 Å². The molecule has 0 unspecified atom stereocenters. The van der Waals surface area contributed by atoms with Crippen molar-refractivity contribution in [2.75, 3.05) is 23.7 Å². The van der Waals surface area contributed by atoms with Crippen molar-refractivity contribution in [1.82, 2.24) is 19.7 Å². The van der Waals surface area contributed by atoms with E-state index < -0.39 is 5.97 Å². The van der Waals surface area contributed by atoms with Gasteiger partial charge in [-0.2, -0.15) is 25.0 Å². The molecule has 2 aromatic rings. The van der Waals surface area contributed by atoms with Gasteiger partial charge in [-0.15, -0.1) is 0 Å². The van der Waals surface area contributed by atoms with Gasteiger partial charge in [-0.1, -0.05) is 0 Å². The van der Waals surface area contributed by atoms with Gasteiger partial charge < -0.3 is 15.7 Å². The number of nitrogen functional groups attached to an aromatic ring is 1. The number of hydrogen-bond acceptors (Lipinski definition) is 7. The minimum atomic E-state index is -1.18. The second-order valence-electron chi connectivity index (χ2n) is 4.88. The van der Waals surface area contributed by atoms with Crippen molar-refractivity contribution < 1.29 is 9.90 Å². The van der Waals surface area contributed by atoms with E-state index in [1.54, 1.807) is 6.07 Å². The van der Waals surface area contributed by atoms with Gasteiger partial charge >= 0.3 is 5.97 Å². The molecule has 0 bridgehead atoms. The lowest BCUT2D eigenvalue weighted by Crippen LogP contribution is -2.21. The predicted molar refractivity (Wildman–Crippen MR) is 76.7 cm³/mol. The maximum absolute atomic E-state index is 11.0. The zero-order valence-corrected chi connectivity index (χ0v) is 11.6. The third kappa shape index (κ3) is 2.31. The lowest BCUT2D eigenvalue weighted by atomic mass is 10.3. The Kier molecular flexibility index (Phi) is 3.34. The number of anilines is 2. The molecule has 0 amide bonds. The molecule has 1 saturated heterocycles. The van der Waals surface area contributed by atoms with E-state index in [1.807, 2.05) is 11.0 Å². The van der Waals surface area contributed by atoms with Crippen molar-refractivity contribution in [2.24, 2.45) is 0 Å². The second-order valence-corrected chi connectivity index (χ2v) is 4.88. The van der Waals surface area contributed by atoms with Crippen LogP contribution < -0.4 is 10.6 Å². The van der Waals surface area contributed by atoms with E-state index in [4.69, 9.17) is 16.1 Å². The van der Waals surface area contributed by atoms with Crippen LogP contribution in [0.25, 0.3) is 5.95 Å². The van der Waals surface area contributed by atoms with Gasteiger partial charge in [0.2, 0.25) is 0 Å². The first kappa shape index (κ1) is 13.8. The lowest BCUT2D eigenvalue weighted by molar-refractivity contribution is 0.0698. The van der Waals surface area contributed by atoms with E-state index in [1.165, 1.54) is 0 Å². The van der Waals surface area contributed by atoms with Crippen LogP contribution in [-0.2, 0) is 0 Å². The highest BCUT2D eigenvalue weighted by Crippen LogP contribution is 2.21. The fourth-order valence-corrected chi connectivity index (χ4v) is 2.36. The number of carbonyl (C=O) groups is 1. The van der Waals surface area contributed by atoms with Crippen LogP contribution in [0.15, 0.2) is 12.3 Å². The molecule has 3 rings (SSSR count). The van der Waals surface area contributed by atoms with Crippen molar-refractivity contribution in [3.63, 3.8) is 0 Å². The van der Waals surface area contributed by atoms with Crippen LogP contribution in [0.1, 0.15) is 28.9 Å². The molecule has 0 aromatic carbocycles. The van der Waals surface area contributed by atoms with E-state index >= 15 is 0 Å². The maximum atomic E-state index is 11.0. The topological polar surface area (TPSA) is 134 Å². The molecule has 0 radical (unpaired) electrons. The largest absolute Gasteiger partial charge is 0.477 e. The zero-order valence-electron chi connectivity index (χ0n) is 11.6. The summed E-state index contributed by atoms with van der Waals surface area (Å²) < 4.78 is 1.13. The summed E-state index contributed by atoms with van der Waals surface area (Å²) in [5.41, 5.74) is 5.82. The molecular weight excluding hydrogens is 286 g/mol. The molecule has 0 atom stereocenters. The first-order valence-corrected chi connectivity index (χ1v) is 6.71. The number of nitriles is 1. The smallest absolute Gasteiger partial charge is 0.341 e. The Labute approximate surface area is 125 Å². The van der Waals surface area contributed by atoms with E-state index in [2.05, 4.69) is 15.1 Å².